The molecule has 1 aromatic heterocycles. The fourth-order valence-corrected chi connectivity index (χ4v) is 2.60. The summed E-state index contributed by atoms with van der Waals surface area (Å²) in [6.45, 7) is 10.6. The molecule has 0 N–H and O–H groups in total. The number of fused-ring (bicyclic) bond motifs is 1. The second kappa shape index (κ2) is 4.72. The van der Waals surface area contributed by atoms with Gasteiger partial charge < -0.3 is 9.30 Å². The predicted molar refractivity (Wildman–Crippen MR) is 78.2 cm³/mol. The summed E-state index contributed by atoms with van der Waals surface area (Å²) in [5, 5.41) is 1.61. The van der Waals surface area contributed by atoms with Crippen LogP contribution in [0.2, 0.25) is 0 Å². The van der Waals surface area contributed by atoms with Crippen molar-refractivity contribution >= 4 is 11.8 Å². The van der Waals surface area contributed by atoms with Crippen molar-refractivity contribution in [2.45, 2.75) is 46.8 Å². The molecular weight excluding hydrogens is 238 g/mol. The summed E-state index contributed by atoms with van der Waals surface area (Å²) < 4.78 is 8.06. The monoisotopic (exact) mass is 259 g/mol. The number of rotatable bonds is 1. The third-order valence-corrected chi connectivity index (χ3v) is 3.26. The highest BCUT2D eigenvalue weighted by molar-refractivity contribution is 5.42. The predicted octanol–water partition coefficient (Wildman–Crippen LogP) is 1.45. The minimum Gasteiger partial charge on any atom is -0.488 e. The molecule has 2 heterocycles. The molecule has 0 saturated heterocycles. The van der Waals surface area contributed by atoms with Gasteiger partial charge in [-0.1, -0.05) is 12.2 Å². The molecule has 1 aromatic rings. The Balaban J connectivity index is 2.92. The molecule has 0 bridgehead atoms. The van der Waals surface area contributed by atoms with Gasteiger partial charge in [-0.15, -0.1) is 0 Å². The number of aromatic nitrogens is 1. The van der Waals surface area contributed by atoms with E-state index in [1.54, 1.807) is 0 Å². The molecule has 0 spiro atoms. The lowest BCUT2D eigenvalue weighted by atomic mass is 10.1. The van der Waals surface area contributed by atoms with E-state index in [9.17, 15) is 4.79 Å². The van der Waals surface area contributed by atoms with E-state index in [1.807, 2.05) is 45.2 Å². The second-order valence-corrected chi connectivity index (χ2v) is 5.64. The quantitative estimate of drug-likeness (QED) is 0.764. The maximum atomic E-state index is 12.3. The van der Waals surface area contributed by atoms with Crippen molar-refractivity contribution in [2.75, 3.05) is 0 Å². The van der Waals surface area contributed by atoms with E-state index >= 15 is 0 Å². The summed E-state index contributed by atoms with van der Waals surface area (Å²) >= 11 is 0. The van der Waals surface area contributed by atoms with Gasteiger partial charge in [0.1, 0.15) is 11.4 Å². The number of pyridine rings is 1. The SMILES string of the molecule is C/C=C\C=c1\c(=O)c(C)cn2c1=C(C)OC(C)(C)C2. The van der Waals surface area contributed by atoms with Crippen LogP contribution in [0.15, 0.2) is 23.1 Å². The molecular formula is C16H21NO2. The molecule has 3 nitrogen and oxygen atoms in total. The molecule has 1 aliphatic heterocycles. The fourth-order valence-electron chi connectivity index (χ4n) is 2.60. The highest BCUT2D eigenvalue weighted by atomic mass is 16.5. The highest BCUT2D eigenvalue weighted by Crippen LogP contribution is 2.19. The van der Waals surface area contributed by atoms with Crippen LogP contribution in [0.1, 0.15) is 33.3 Å². The van der Waals surface area contributed by atoms with Crippen molar-refractivity contribution in [1.82, 2.24) is 4.57 Å². The van der Waals surface area contributed by atoms with E-state index in [0.29, 0.717) is 5.22 Å². The van der Waals surface area contributed by atoms with Crippen LogP contribution in [0.5, 0.6) is 0 Å². The average molecular weight is 259 g/mol. The van der Waals surface area contributed by atoms with Crippen LogP contribution in [0.3, 0.4) is 0 Å². The third-order valence-electron chi connectivity index (χ3n) is 3.26. The molecule has 3 heteroatoms. The highest BCUT2D eigenvalue weighted by Gasteiger charge is 2.26. The first-order valence-corrected chi connectivity index (χ1v) is 6.59. The Morgan fingerprint density at radius 1 is 1.37 bits per heavy atom. The lowest BCUT2D eigenvalue weighted by molar-refractivity contribution is 0.0410. The molecule has 0 atom stereocenters. The fraction of sp³-hybridized carbons (Fsp3) is 0.438. The Hall–Kier alpha value is -1.77. The summed E-state index contributed by atoms with van der Waals surface area (Å²) in [7, 11) is 0. The van der Waals surface area contributed by atoms with Crippen molar-refractivity contribution < 1.29 is 4.74 Å². The maximum absolute atomic E-state index is 12.3. The van der Waals surface area contributed by atoms with Gasteiger partial charge >= 0.3 is 0 Å². The molecule has 0 aliphatic carbocycles. The summed E-state index contributed by atoms with van der Waals surface area (Å²) in [6.07, 6.45) is 7.61. The first kappa shape index (κ1) is 13.7. The molecule has 0 fully saturated rings. The summed E-state index contributed by atoms with van der Waals surface area (Å²) in [5.74, 6) is 0.809. The molecule has 0 saturated carbocycles. The van der Waals surface area contributed by atoms with Crippen LogP contribution in [-0.2, 0) is 11.3 Å². The van der Waals surface area contributed by atoms with Crippen LogP contribution in [0.4, 0.5) is 0 Å². The first-order valence-electron chi connectivity index (χ1n) is 6.59. The smallest absolute Gasteiger partial charge is 0.192 e. The van der Waals surface area contributed by atoms with E-state index in [0.717, 1.165) is 23.2 Å². The maximum Gasteiger partial charge on any atom is 0.192 e. The molecule has 0 unspecified atom stereocenters. The molecule has 0 aromatic carbocycles. The number of hydrogen-bond donors (Lipinski definition) is 0. The second-order valence-electron chi connectivity index (χ2n) is 5.64. The van der Waals surface area contributed by atoms with Gasteiger partial charge in [0.2, 0.25) is 0 Å². The largest absolute Gasteiger partial charge is 0.488 e. The van der Waals surface area contributed by atoms with Crippen LogP contribution in [-0.4, -0.2) is 10.2 Å². The Labute approximate surface area is 113 Å². The Morgan fingerprint density at radius 2 is 2.05 bits per heavy atom. The van der Waals surface area contributed by atoms with Crippen molar-refractivity contribution in [3.8, 4) is 0 Å². The van der Waals surface area contributed by atoms with E-state index in [1.165, 1.54) is 0 Å². The molecule has 0 radical (unpaired) electrons. The summed E-state index contributed by atoms with van der Waals surface area (Å²) in [6, 6.07) is 0. The minimum absolute atomic E-state index is 0.0759. The zero-order valence-electron chi connectivity index (χ0n) is 12.3. The molecule has 2 rings (SSSR count). The van der Waals surface area contributed by atoms with Crippen LogP contribution in [0.25, 0.3) is 11.8 Å². The Bertz CT molecular complexity index is 705. The molecule has 19 heavy (non-hydrogen) atoms. The molecule has 0 amide bonds. The van der Waals surface area contributed by atoms with E-state index < -0.39 is 0 Å². The average Bonchev–Trinajstić information content (AvgIpc) is 2.29. The zero-order chi connectivity index (χ0) is 14.2. The van der Waals surface area contributed by atoms with Crippen molar-refractivity contribution in [3.05, 3.63) is 44.7 Å². The van der Waals surface area contributed by atoms with E-state index in [2.05, 4.69) is 18.4 Å². The van der Waals surface area contributed by atoms with Gasteiger partial charge in [0, 0.05) is 17.0 Å². The van der Waals surface area contributed by atoms with Crippen molar-refractivity contribution in [3.63, 3.8) is 0 Å². The van der Waals surface area contributed by atoms with Gasteiger partial charge in [-0.25, -0.2) is 0 Å². The van der Waals surface area contributed by atoms with Gasteiger partial charge in [-0.05, 0) is 40.7 Å². The Morgan fingerprint density at radius 3 is 2.68 bits per heavy atom. The van der Waals surface area contributed by atoms with Gasteiger partial charge in [0.15, 0.2) is 5.43 Å². The normalized spacial score (nSPS) is 18.6. The number of ether oxygens (including phenoxy) is 1. The summed E-state index contributed by atoms with van der Waals surface area (Å²) in [4.78, 5) is 12.3. The lowest BCUT2D eigenvalue weighted by Crippen LogP contribution is -2.53. The zero-order valence-corrected chi connectivity index (χ0v) is 12.3. The van der Waals surface area contributed by atoms with Crippen LogP contribution >= 0.6 is 0 Å². The lowest BCUT2D eigenvalue weighted by Gasteiger charge is -2.33. The van der Waals surface area contributed by atoms with E-state index in [4.69, 9.17) is 4.74 Å². The standard InChI is InChI=1S/C16H21NO2/c1-6-7-8-13-14-12(3)19-16(4,5)10-17(14)9-11(2)15(13)18/h6-9H,10H2,1-5H3/b7-6-,13-8+. The number of nitrogens with zero attached hydrogens (tertiary/aromatic N) is 1. The molecule has 1 aliphatic rings. The Kier molecular flexibility index (Phi) is 3.40. The van der Waals surface area contributed by atoms with Gasteiger partial charge in [0.05, 0.1) is 11.9 Å². The van der Waals surface area contributed by atoms with Gasteiger partial charge in [-0.2, -0.15) is 0 Å². The molecule has 102 valence electrons. The van der Waals surface area contributed by atoms with Crippen molar-refractivity contribution in [1.29, 1.82) is 0 Å². The van der Waals surface area contributed by atoms with Gasteiger partial charge in [0.25, 0.3) is 0 Å². The number of aryl methyl sites for hydroxylation is 1. The van der Waals surface area contributed by atoms with Crippen molar-refractivity contribution in [2.24, 2.45) is 0 Å². The number of allylic oxidation sites excluding steroid dienone is 2. The number of hydrogen-bond acceptors (Lipinski definition) is 2. The minimum atomic E-state index is -0.240. The summed E-state index contributed by atoms with van der Waals surface area (Å²) in [5.41, 5.74) is 0.605. The van der Waals surface area contributed by atoms with Gasteiger partial charge in [-0.3, -0.25) is 4.79 Å². The van der Waals surface area contributed by atoms with Crippen LogP contribution < -0.4 is 16.0 Å². The first-order chi connectivity index (χ1) is 8.85. The van der Waals surface area contributed by atoms with Crippen LogP contribution in [0, 0.1) is 6.92 Å². The van der Waals surface area contributed by atoms with E-state index in [-0.39, 0.29) is 11.0 Å². The third kappa shape index (κ3) is 2.50. The topological polar surface area (TPSA) is 31.2 Å².